The van der Waals surface area contributed by atoms with Crippen molar-refractivity contribution in [3.63, 3.8) is 0 Å². The van der Waals surface area contributed by atoms with Gasteiger partial charge in [0.15, 0.2) is 0 Å². The number of amides is 2. The number of carbonyl (C=O) groups is 2. The maximum Gasteiger partial charge on any atom is 0.409 e. The van der Waals surface area contributed by atoms with Crippen LogP contribution in [0.15, 0.2) is 0 Å². The van der Waals surface area contributed by atoms with Gasteiger partial charge in [-0.1, -0.05) is 70.2 Å². The second-order valence-electron chi connectivity index (χ2n) is 4.02. The van der Waals surface area contributed by atoms with Gasteiger partial charge in [0.25, 0.3) is 0 Å². The number of aliphatic hydroxyl groups excluding tert-OH is 2. The van der Waals surface area contributed by atoms with E-state index in [4.69, 9.17) is 10.2 Å². The molecule has 32 heavy (non-hydrogen) atoms. The molecule has 0 radical (unpaired) electrons. The van der Waals surface area contributed by atoms with E-state index in [1.807, 2.05) is 83.1 Å². The van der Waals surface area contributed by atoms with Gasteiger partial charge in [-0.05, 0) is 27.7 Å². The predicted molar refractivity (Wildman–Crippen MR) is 142 cm³/mol. The Kier molecular flexibility index (Phi) is 93.4. The lowest BCUT2D eigenvalue weighted by atomic mass is 10.5. The largest absolute Gasteiger partial charge is 0.447 e. The number of rotatable bonds is 8. The van der Waals surface area contributed by atoms with Crippen molar-refractivity contribution in [1.29, 1.82) is 0 Å². The Hall–Kier alpha value is -1.54. The highest BCUT2D eigenvalue weighted by Gasteiger charge is 2.09. The van der Waals surface area contributed by atoms with Gasteiger partial charge >= 0.3 is 12.2 Å². The average molecular weight is 475 g/mol. The van der Waals surface area contributed by atoms with Gasteiger partial charge in [-0.2, -0.15) is 0 Å². The molecular formula is C24H62N2O6. The summed E-state index contributed by atoms with van der Waals surface area (Å²) in [7, 11) is 0. The molecule has 204 valence electrons. The van der Waals surface area contributed by atoms with Crippen LogP contribution < -0.4 is 0 Å². The number of carbonyl (C=O) groups excluding carboxylic acids is 2. The molecule has 0 rings (SSSR count). The Morgan fingerprint density at radius 2 is 0.750 bits per heavy atom. The van der Waals surface area contributed by atoms with Gasteiger partial charge < -0.3 is 29.5 Å². The van der Waals surface area contributed by atoms with Crippen molar-refractivity contribution in [3.8, 4) is 0 Å². The normalized spacial score (nSPS) is 7.19. The molecule has 0 aliphatic rings. The molecule has 8 nitrogen and oxygen atoms in total. The fourth-order valence-corrected chi connectivity index (χ4v) is 1.41. The Labute approximate surface area is 202 Å². The molecule has 0 atom stereocenters. The van der Waals surface area contributed by atoms with E-state index in [1.165, 1.54) is 0 Å². The Bertz CT molecular complexity index is 258. The van der Waals surface area contributed by atoms with E-state index in [9.17, 15) is 9.59 Å². The summed E-state index contributed by atoms with van der Waals surface area (Å²) in [5, 5.41) is 16.7. The van der Waals surface area contributed by atoms with Gasteiger partial charge in [0.1, 0.15) is 13.2 Å². The second-order valence-corrected chi connectivity index (χ2v) is 4.02. The molecule has 0 unspecified atom stereocenters. The van der Waals surface area contributed by atoms with Gasteiger partial charge in [0.05, 0.1) is 13.2 Å². The first-order chi connectivity index (χ1) is 14.5. The summed E-state index contributed by atoms with van der Waals surface area (Å²) in [6, 6.07) is 0. The molecule has 2 amide bonds. The molecule has 0 saturated heterocycles. The van der Waals surface area contributed by atoms with Crippen LogP contribution in [0.1, 0.15) is 97.9 Å². The summed E-state index contributed by atoms with van der Waals surface area (Å²) in [5.74, 6) is 0. The maximum absolute atomic E-state index is 11.0. The van der Waals surface area contributed by atoms with Gasteiger partial charge in [-0.25, -0.2) is 9.59 Å². The summed E-state index contributed by atoms with van der Waals surface area (Å²) >= 11 is 0. The molecule has 0 aliphatic heterocycles. The van der Waals surface area contributed by atoms with E-state index in [1.54, 1.807) is 9.80 Å². The summed E-state index contributed by atoms with van der Waals surface area (Å²) in [4.78, 5) is 25.0. The highest BCUT2D eigenvalue weighted by Crippen LogP contribution is 1.92. The van der Waals surface area contributed by atoms with Crippen LogP contribution in [0.4, 0.5) is 9.59 Å². The van der Waals surface area contributed by atoms with Crippen LogP contribution in [0.25, 0.3) is 0 Å². The lowest BCUT2D eigenvalue weighted by molar-refractivity contribution is 0.0867. The summed E-state index contributed by atoms with van der Waals surface area (Å²) < 4.78 is 9.34. The Balaban J connectivity index is -0.0000000434. The second kappa shape index (κ2) is 57.0. The van der Waals surface area contributed by atoms with Crippen LogP contribution in [0.3, 0.4) is 0 Å². The zero-order chi connectivity index (χ0) is 25.4. The molecule has 8 heteroatoms. The van der Waals surface area contributed by atoms with Crippen LogP contribution in [0.2, 0.25) is 0 Å². The summed E-state index contributed by atoms with van der Waals surface area (Å²) in [6.45, 7) is 26.0. The van der Waals surface area contributed by atoms with Crippen LogP contribution >= 0.6 is 0 Å². The molecule has 0 aliphatic carbocycles. The number of ether oxygens (including phenoxy) is 2. The molecule has 0 bridgehead atoms. The quantitative estimate of drug-likeness (QED) is 0.429. The van der Waals surface area contributed by atoms with E-state index in [2.05, 4.69) is 9.47 Å². The Morgan fingerprint density at radius 1 is 0.562 bits per heavy atom. The number of hydrogen-bond acceptors (Lipinski definition) is 6. The van der Waals surface area contributed by atoms with Crippen molar-refractivity contribution in [2.45, 2.75) is 97.9 Å². The summed E-state index contributed by atoms with van der Waals surface area (Å²) in [5.41, 5.74) is 0. The molecule has 0 aromatic heterocycles. The molecular weight excluding hydrogens is 412 g/mol. The van der Waals surface area contributed by atoms with Gasteiger partial charge in [0.2, 0.25) is 0 Å². The first-order valence-electron chi connectivity index (χ1n) is 11.6. The zero-order valence-corrected chi connectivity index (χ0v) is 22.1. The minimum absolute atomic E-state index is 0. The van der Waals surface area contributed by atoms with E-state index >= 15 is 0 Å². The number of hydrogen-bond donors (Lipinski definition) is 2. The lowest BCUT2D eigenvalue weighted by Crippen LogP contribution is -2.31. The van der Waals surface area contributed by atoms with E-state index in [0.717, 1.165) is 0 Å². The third-order valence-corrected chi connectivity index (χ3v) is 2.68. The third kappa shape index (κ3) is 42.5. The van der Waals surface area contributed by atoms with Crippen molar-refractivity contribution < 1.29 is 29.3 Å². The fourth-order valence-electron chi connectivity index (χ4n) is 1.41. The first kappa shape index (κ1) is 52.4. The summed E-state index contributed by atoms with van der Waals surface area (Å²) in [6.07, 6.45) is -0.715. The average Bonchev–Trinajstić information content (AvgIpc) is 2.83. The minimum atomic E-state index is -0.357. The number of nitrogens with zero attached hydrogens (tertiary/aromatic N) is 2. The van der Waals surface area contributed by atoms with Gasteiger partial charge in [0, 0.05) is 26.2 Å². The third-order valence-electron chi connectivity index (χ3n) is 2.68. The van der Waals surface area contributed by atoms with Crippen LogP contribution in [0, 0.1) is 0 Å². The highest BCUT2D eigenvalue weighted by molar-refractivity contribution is 5.67. The minimum Gasteiger partial charge on any atom is -0.447 e. The van der Waals surface area contributed by atoms with E-state index in [0.29, 0.717) is 26.2 Å². The molecule has 2 N–H and O–H groups in total. The zero-order valence-electron chi connectivity index (χ0n) is 22.1. The standard InChI is InChI=1S/2C7H15NO3.4C2H6.2CH4/c2*1-3-8(4-2)7(10)11-6-5-9;4*1-2;;/h2*9H,3-6H2,1-2H3;4*1-2H3;2*1H4. The smallest absolute Gasteiger partial charge is 0.409 e. The van der Waals surface area contributed by atoms with Crippen LogP contribution in [-0.2, 0) is 9.47 Å². The van der Waals surface area contributed by atoms with Crippen molar-refractivity contribution in [2.75, 3.05) is 52.6 Å². The SMILES string of the molecule is C.C.CC.CC.CC.CC.CCN(CC)C(=O)OCCO.CCN(CC)C(=O)OCCO. The van der Waals surface area contributed by atoms with Crippen LogP contribution in [-0.4, -0.2) is 84.8 Å². The molecule has 0 spiro atoms. The first-order valence-corrected chi connectivity index (χ1v) is 11.6. The highest BCUT2D eigenvalue weighted by atomic mass is 16.6. The number of aliphatic hydroxyl groups is 2. The molecule has 0 fully saturated rings. The maximum atomic E-state index is 11.0. The van der Waals surface area contributed by atoms with E-state index < -0.39 is 0 Å². The van der Waals surface area contributed by atoms with Crippen molar-refractivity contribution in [3.05, 3.63) is 0 Å². The predicted octanol–water partition coefficient (Wildman–Crippen LogP) is 6.29. The fraction of sp³-hybridized carbons (Fsp3) is 0.917. The Morgan fingerprint density at radius 3 is 0.875 bits per heavy atom. The molecule has 0 aromatic rings. The lowest BCUT2D eigenvalue weighted by Gasteiger charge is -2.17. The molecule has 0 aromatic carbocycles. The van der Waals surface area contributed by atoms with Crippen molar-refractivity contribution in [1.82, 2.24) is 9.80 Å². The van der Waals surface area contributed by atoms with Crippen molar-refractivity contribution in [2.24, 2.45) is 0 Å². The topological polar surface area (TPSA) is 99.5 Å². The van der Waals surface area contributed by atoms with Crippen molar-refractivity contribution >= 4 is 12.2 Å². The van der Waals surface area contributed by atoms with Gasteiger partial charge in [-0.15, -0.1) is 0 Å². The molecule has 0 heterocycles. The van der Waals surface area contributed by atoms with E-state index in [-0.39, 0.29) is 53.5 Å². The van der Waals surface area contributed by atoms with Crippen LogP contribution in [0.5, 0.6) is 0 Å². The molecule has 0 saturated carbocycles. The van der Waals surface area contributed by atoms with Gasteiger partial charge in [-0.3, -0.25) is 0 Å². The monoisotopic (exact) mass is 474 g/mol.